The Morgan fingerprint density at radius 2 is 2.24 bits per heavy atom. The lowest BCUT2D eigenvalue weighted by molar-refractivity contribution is -0.141. The molecule has 2 nitrogen and oxygen atoms in total. The molecule has 0 spiro atoms. The summed E-state index contributed by atoms with van der Waals surface area (Å²) in [5.74, 6) is 0.693. The van der Waals surface area contributed by atoms with Crippen LogP contribution < -0.4 is 0 Å². The molecule has 2 rings (SSSR count). The molecule has 17 heavy (non-hydrogen) atoms. The first-order chi connectivity index (χ1) is 8.10. The van der Waals surface area contributed by atoms with Crippen molar-refractivity contribution in [3.05, 3.63) is 22.4 Å². The normalized spacial score (nSPS) is 29.2. The number of hydrogen-bond donors (Lipinski definition) is 1. The molecule has 3 heteroatoms. The van der Waals surface area contributed by atoms with Crippen molar-refractivity contribution in [2.75, 3.05) is 0 Å². The van der Waals surface area contributed by atoms with Crippen molar-refractivity contribution in [3.8, 4) is 0 Å². The summed E-state index contributed by atoms with van der Waals surface area (Å²) in [6.45, 7) is 2.19. The Morgan fingerprint density at radius 3 is 2.82 bits per heavy atom. The van der Waals surface area contributed by atoms with Gasteiger partial charge in [-0.25, -0.2) is 0 Å². The summed E-state index contributed by atoms with van der Waals surface area (Å²) < 4.78 is 0. The Balaban J connectivity index is 1.86. The first-order valence-electron chi connectivity index (χ1n) is 6.38. The van der Waals surface area contributed by atoms with E-state index < -0.39 is 5.60 Å². The van der Waals surface area contributed by atoms with Crippen LogP contribution in [-0.4, -0.2) is 16.5 Å². The lowest BCUT2D eigenvalue weighted by Crippen LogP contribution is -2.42. The second-order valence-electron chi connectivity index (χ2n) is 5.22. The predicted octanol–water partition coefficient (Wildman–Crippen LogP) is 3.19. The number of Topliss-reactive ketones (excluding diaryl/α,β-unsaturated/α-hetero) is 1. The van der Waals surface area contributed by atoms with Crippen LogP contribution in [-0.2, 0) is 11.2 Å². The summed E-state index contributed by atoms with van der Waals surface area (Å²) in [6, 6.07) is 4.05. The van der Waals surface area contributed by atoms with Crippen molar-refractivity contribution in [1.82, 2.24) is 0 Å². The first kappa shape index (κ1) is 12.8. The van der Waals surface area contributed by atoms with Gasteiger partial charge in [-0.05, 0) is 49.5 Å². The number of ketones is 1. The SMILES string of the molecule is CC1CCC(O)(C(=O)CCc2cccs2)CC1. The molecule has 0 saturated heterocycles. The highest BCUT2D eigenvalue weighted by atomic mass is 32.1. The molecule has 0 aliphatic heterocycles. The molecule has 0 bridgehead atoms. The van der Waals surface area contributed by atoms with E-state index in [1.54, 1.807) is 11.3 Å². The Morgan fingerprint density at radius 1 is 1.53 bits per heavy atom. The maximum atomic E-state index is 12.1. The fourth-order valence-corrected chi connectivity index (χ4v) is 3.15. The summed E-state index contributed by atoms with van der Waals surface area (Å²) in [6.07, 6.45) is 4.50. The zero-order chi connectivity index (χ0) is 12.3. The number of rotatable bonds is 4. The van der Waals surface area contributed by atoms with Crippen LogP contribution in [0.1, 0.15) is 43.9 Å². The van der Waals surface area contributed by atoms with Crippen LogP contribution in [0.5, 0.6) is 0 Å². The Kier molecular flexibility index (Phi) is 4.00. The van der Waals surface area contributed by atoms with E-state index in [9.17, 15) is 9.90 Å². The molecule has 1 aromatic rings. The van der Waals surface area contributed by atoms with Gasteiger partial charge in [0.1, 0.15) is 5.60 Å². The van der Waals surface area contributed by atoms with Gasteiger partial charge in [0.25, 0.3) is 0 Å². The maximum absolute atomic E-state index is 12.1. The van der Waals surface area contributed by atoms with Gasteiger partial charge in [0.15, 0.2) is 5.78 Å². The third-order valence-corrected chi connectivity index (χ3v) is 4.74. The average molecular weight is 252 g/mol. The molecule has 1 heterocycles. The van der Waals surface area contributed by atoms with Crippen LogP contribution in [0.4, 0.5) is 0 Å². The van der Waals surface area contributed by atoms with Crippen molar-refractivity contribution >= 4 is 17.1 Å². The van der Waals surface area contributed by atoms with Crippen molar-refractivity contribution in [1.29, 1.82) is 0 Å². The van der Waals surface area contributed by atoms with Crippen LogP contribution in [0, 0.1) is 5.92 Å². The third-order valence-electron chi connectivity index (χ3n) is 3.80. The zero-order valence-electron chi connectivity index (χ0n) is 10.3. The standard InChI is InChI=1S/C14H20O2S/c1-11-6-8-14(16,9-7-11)13(15)5-4-12-3-2-10-17-12/h2-3,10-11,16H,4-9H2,1H3. The summed E-state index contributed by atoms with van der Waals surface area (Å²) in [7, 11) is 0. The van der Waals surface area contributed by atoms with Gasteiger partial charge in [-0.3, -0.25) is 4.79 Å². The number of carbonyl (C=O) groups excluding carboxylic acids is 1. The number of hydrogen-bond acceptors (Lipinski definition) is 3. The van der Waals surface area contributed by atoms with E-state index in [1.807, 2.05) is 17.5 Å². The molecule has 1 aliphatic rings. The zero-order valence-corrected chi connectivity index (χ0v) is 11.1. The van der Waals surface area contributed by atoms with Crippen molar-refractivity contribution in [2.24, 2.45) is 5.92 Å². The number of thiophene rings is 1. The van der Waals surface area contributed by atoms with Crippen LogP contribution in [0.25, 0.3) is 0 Å². The first-order valence-corrected chi connectivity index (χ1v) is 7.26. The van der Waals surface area contributed by atoms with E-state index in [4.69, 9.17) is 0 Å². The molecule has 1 N–H and O–H groups in total. The fourth-order valence-electron chi connectivity index (χ4n) is 2.44. The molecule has 94 valence electrons. The maximum Gasteiger partial charge on any atom is 0.164 e. The topological polar surface area (TPSA) is 37.3 Å². The monoisotopic (exact) mass is 252 g/mol. The second-order valence-corrected chi connectivity index (χ2v) is 6.25. The predicted molar refractivity (Wildman–Crippen MR) is 70.2 cm³/mol. The highest BCUT2D eigenvalue weighted by Crippen LogP contribution is 2.33. The molecule has 0 unspecified atom stereocenters. The Hall–Kier alpha value is -0.670. The van der Waals surface area contributed by atoms with Gasteiger partial charge in [0, 0.05) is 11.3 Å². The summed E-state index contributed by atoms with van der Waals surface area (Å²) >= 11 is 1.68. The van der Waals surface area contributed by atoms with Gasteiger partial charge >= 0.3 is 0 Å². The highest BCUT2D eigenvalue weighted by Gasteiger charge is 2.37. The Labute approximate surface area is 107 Å². The van der Waals surface area contributed by atoms with E-state index in [1.165, 1.54) is 4.88 Å². The highest BCUT2D eigenvalue weighted by molar-refractivity contribution is 7.09. The van der Waals surface area contributed by atoms with Gasteiger partial charge in [-0.15, -0.1) is 11.3 Å². The van der Waals surface area contributed by atoms with Crippen LogP contribution >= 0.6 is 11.3 Å². The molecule has 1 aromatic heterocycles. The molecule has 0 atom stereocenters. The average Bonchev–Trinajstić information content (AvgIpc) is 2.83. The molecule has 0 aromatic carbocycles. The summed E-state index contributed by atoms with van der Waals surface area (Å²) in [5, 5.41) is 12.4. The van der Waals surface area contributed by atoms with E-state index >= 15 is 0 Å². The third kappa shape index (κ3) is 3.17. The molecular weight excluding hydrogens is 232 g/mol. The van der Waals surface area contributed by atoms with E-state index in [0.29, 0.717) is 25.2 Å². The van der Waals surface area contributed by atoms with Crippen LogP contribution in [0.3, 0.4) is 0 Å². The van der Waals surface area contributed by atoms with E-state index in [2.05, 4.69) is 6.92 Å². The lowest BCUT2D eigenvalue weighted by atomic mass is 9.76. The molecule has 0 amide bonds. The molecule has 1 aliphatic carbocycles. The molecule has 1 saturated carbocycles. The van der Waals surface area contributed by atoms with Crippen LogP contribution in [0.2, 0.25) is 0 Å². The molecule has 1 fully saturated rings. The van der Waals surface area contributed by atoms with Crippen molar-refractivity contribution < 1.29 is 9.90 Å². The smallest absolute Gasteiger partial charge is 0.164 e. The number of aliphatic hydroxyl groups is 1. The van der Waals surface area contributed by atoms with E-state index in [0.717, 1.165) is 19.3 Å². The van der Waals surface area contributed by atoms with Crippen molar-refractivity contribution in [3.63, 3.8) is 0 Å². The Bertz CT molecular complexity index is 362. The van der Waals surface area contributed by atoms with Gasteiger partial charge in [0.05, 0.1) is 0 Å². The minimum Gasteiger partial charge on any atom is -0.382 e. The van der Waals surface area contributed by atoms with Gasteiger partial charge in [-0.1, -0.05) is 13.0 Å². The number of carbonyl (C=O) groups is 1. The van der Waals surface area contributed by atoms with Gasteiger partial charge in [0.2, 0.25) is 0 Å². The lowest BCUT2D eigenvalue weighted by Gasteiger charge is -2.33. The molecular formula is C14H20O2S. The number of aryl methyl sites for hydroxylation is 1. The van der Waals surface area contributed by atoms with Gasteiger partial charge < -0.3 is 5.11 Å². The molecule has 0 radical (unpaired) electrons. The fraction of sp³-hybridized carbons (Fsp3) is 0.643. The minimum absolute atomic E-state index is 0.0396. The quantitative estimate of drug-likeness (QED) is 0.893. The van der Waals surface area contributed by atoms with Crippen LogP contribution in [0.15, 0.2) is 17.5 Å². The second kappa shape index (κ2) is 5.32. The van der Waals surface area contributed by atoms with E-state index in [-0.39, 0.29) is 5.78 Å². The minimum atomic E-state index is -1.02. The summed E-state index contributed by atoms with van der Waals surface area (Å²) in [5.41, 5.74) is -1.02. The van der Waals surface area contributed by atoms with Gasteiger partial charge in [-0.2, -0.15) is 0 Å². The van der Waals surface area contributed by atoms with Crippen molar-refractivity contribution in [2.45, 2.75) is 51.0 Å². The largest absolute Gasteiger partial charge is 0.382 e. The summed E-state index contributed by atoms with van der Waals surface area (Å²) in [4.78, 5) is 13.3.